The topological polar surface area (TPSA) is 51.1 Å². The molecule has 1 unspecified atom stereocenters. The van der Waals surface area contributed by atoms with Crippen LogP contribution in [0, 0.1) is 5.41 Å². The fraction of sp³-hybridized carbons (Fsp3) is 0.500. The minimum atomic E-state index is -0.191. The van der Waals surface area contributed by atoms with Gasteiger partial charge in [-0.2, -0.15) is 5.10 Å². The van der Waals surface area contributed by atoms with Crippen LogP contribution in [-0.4, -0.2) is 29.3 Å². The van der Waals surface area contributed by atoms with Crippen LogP contribution in [0.3, 0.4) is 0 Å². The lowest BCUT2D eigenvalue weighted by atomic mass is 9.86. The van der Waals surface area contributed by atoms with Crippen LogP contribution in [-0.2, 0) is 4.79 Å². The van der Waals surface area contributed by atoms with Gasteiger partial charge in [-0.25, -0.2) is 5.01 Å². The SMILES string of the molecule is CC(C)(C)C1=NN(C(=O)CCl)C(c2ccc3c(c2)OCO3)C1. The van der Waals surface area contributed by atoms with Gasteiger partial charge >= 0.3 is 0 Å². The standard InChI is InChI=1S/C16H19ClN2O3/c1-16(2,3)14-7-11(19(18-14)15(20)8-17)10-4-5-12-13(6-10)22-9-21-12/h4-6,11H,7-9H2,1-3H3. The summed E-state index contributed by atoms with van der Waals surface area (Å²) in [4.78, 5) is 12.1. The number of hydrogen-bond donors (Lipinski definition) is 0. The Morgan fingerprint density at radius 2 is 2.09 bits per heavy atom. The molecular formula is C16H19ClN2O3. The van der Waals surface area contributed by atoms with E-state index in [4.69, 9.17) is 21.1 Å². The van der Waals surface area contributed by atoms with Gasteiger partial charge < -0.3 is 9.47 Å². The first-order valence-electron chi connectivity index (χ1n) is 7.25. The van der Waals surface area contributed by atoms with Crippen molar-refractivity contribution < 1.29 is 14.3 Å². The number of fused-ring (bicyclic) bond motifs is 1. The molecule has 1 aromatic rings. The Hall–Kier alpha value is -1.75. The van der Waals surface area contributed by atoms with Crippen LogP contribution in [0.4, 0.5) is 0 Å². The van der Waals surface area contributed by atoms with Gasteiger partial charge in [0, 0.05) is 17.5 Å². The summed E-state index contributed by atoms with van der Waals surface area (Å²) >= 11 is 5.74. The molecule has 0 saturated carbocycles. The van der Waals surface area contributed by atoms with E-state index in [1.165, 1.54) is 5.01 Å². The van der Waals surface area contributed by atoms with E-state index in [0.717, 1.165) is 17.0 Å². The number of benzene rings is 1. The van der Waals surface area contributed by atoms with E-state index < -0.39 is 0 Å². The minimum Gasteiger partial charge on any atom is -0.454 e. The second-order valence-corrected chi connectivity index (χ2v) is 6.77. The zero-order valence-electron chi connectivity index (χ0n) is 12.9. The van der Waals surface area contributed by atoms with Gasteiger partial charge in [0.15, 0.2) is 11.5 Å². The van der Waals surface area contributed by atoms with Crippen LogP contribution < -0.4 is 9.47 Å². The van der Waals surface area contributed by atoms with E-state index in [9.17, 15) is 4.79 Å². The maximum atomic E-state index is 12.1. The molecule has 1 amide bonds. The zero-order chi connectivity index (χ0) is 15.9. The summed E-state index contributed by atoms with van der Waals surface area (Å²) in [5, 5.41) is 6.03. The molecule has 0 saturated heterocycles. The number of rotatable bonds is 2. The fourth-order valence-electron chi connectivity index (χ4n) is 2.64. The molecule has 3 rings (SSSR count). The zero-order valence-corrected chi connectivity index (χ0v) is 13.7. The van der Waals surface area contributed by atoms with Crippen LogP contribution in [0.5, 0.6) is 11.5 Å². The fourth-order valence-corrected chi connectivity index (χ4v) is 2.76. The Bertz CT molecular complexity index is 637. The Morgan fingerprint density at radius 3 is 2.77 bits per heavy atom. The quantitative estimate of drug-likeness (QED) is 0.785. The summed E-state index contributed by atoms with van der Waals surface area (Å²) in [7, 11) is 0. The van der Waals surface area contributed by atoms with E-state index in [2.05, 4.69) is 25.9 Å². The van der Waals surface area contributed by atoms with Crippen molar-refractivity contribution >= 4 is 23.2 Å². The van der Waals surface area contributed by atoms with E-state index in [0.29, 0.717) is 12.2 Å². The molecule has 0 aliphatic carbocycles. The van der Waals surface area contributed by atoms with Crippen LogP contribution >= 0.6 is 11.6 Å². The molecule has 5 nitrogen and oxygen atoms in total. The van der Waals surface area contributed by atoms with Gasteiger partial charge in [0.25, 0.3) is 5.91 Å². The Morgan fingerprint density at radius 1 is 1.36 bits per heavy atom. The van der Waals surface area contributed by atoms with Crippen LogP contribution in [0.15, 0.2) is 23.3 Å². The lowest BCUT2D eigenvalue weighted by Gasteiger charge is -2.21. The maximum Gasteiger partial charge on any atom is 0.258 e. The van der Waals surface area contributed by atoms with Crippen LogP contribution in [0.25, 0.3) is 0 Å². The van der Waals surface area contributed by atoms with Crippen molar-refractivity contribution in [3.8, 4) is 11.5 Å². The predicted octanol–water partition coefficient (Wildman–Crippen LogP) is 3.33. The maximum absolute atomic E-state index is 12.1. The Labute approximate surface area is 134 Å². The molecule has 0 aromatic heterocycles. The van der Waals surface area contributed by atoms with Crippen molar-refractivity contribution in [1.29, 1.82) is 0 Å². The first-order valence-corrected chi connectivity index (χ1v) is 7.79. The molecule has 22 heavy (non-hydrogen) atoms. The molecule has 6 heteroatoms. The van der Waals surface area contributed by atoms with E-state index in [-0.39, 0.29) is 30.0 Å². The largest absolute Gasteiger partial charge is 0.454 e. The van der Waals surface area contributed by atoms with Crippen molar-refractivity contribution in [3.05, 3.63) is 23.8 Å². The molecule has 0 radical (unpaired) electrons. The van der Waals surface area contributed by atoms with Crippen LogP contribution in [0.1, 0.15) is 38.8 Å². The van der Waals surface area contributed by atoms with Crippen molar-refractivity contribution in [2.75, 3.05) is 12.7 Å². The smallest absolute Gasteiger partial charge is 0.258 e. The molecule has 2 aliphatic heterocycles. The molecule has 1 aromatic carbocycles. The molecule has 0 bridgehead atoms. The van der Waals surface area contributed by atoms with Gasteiger partial charge in [-0.15, -0.1) is 11.6 Å². The van der Waals surface area contributed by atoms with E-state index >= 15 is 0 Å². The summed E-state index contributed by atoms with van der Waals surface area (Å²) in [6.45, 7) is 6.52. The van der Waals surface area contributed by atoms with Crippen molar-refractivity contribution in [1.82, 2.24) is 5.01 Å². The lowest BCUT2D eigenvalue weighted by Crippen LogP contribution is -2.27. The number of alkyl halides is 1. The molecule has 0 N–H and O–H groups in total. The number of nitrogens with zero attached hydrogens (tertiary/aromatic N) is 2. The van der Waals surface area contributed by atoms with Gasteiger partial charge in [-0.05, 0) is 17.7 Å². The third-order valence-electron chi connectivity index (χ3n) is 3.93. The number of carbonyl (C=O) groups is 1. The van der Waals surface area contributed by atoms with Gasteiger partial charge in [-0.1, -0.05) is 26.8 Å². The second-order valence-electron chi connectivity index (χ2n) is 6.50. The molecule has 0 fully saturated rings. The molecule has 2 heterocycles. The summed E-state index contributed by atoms with van der Waals surface area (Å²) < 4.78 is 10.8. The highest BCUT2D eigenvalue weighted by atomic mass is 35.5. The van der Waals surface area contributed by atoms with Crippen molar-refractivity contribution in [2.45, 2.75) is 33.2 Å². The lowest BCUT2D eigenvalue weighted by molar-refractivity contribution is -0.130. The normalized spacial score (nSPS) is 20.3. The average molecular weight is 323 g/mol. The highest BCUT2D eigenvalue weighted by Gasteiger charge is 2.36. The van der Waals surface area contributed by atoms with Gasteiger partial charge in [-0.3, -0.25) is 4.79 Å². The number of carbonyl (C=O) groups excluding carboxylic acids is 1. The Balaban J connectivity index is 1.94. The summed E-state index contributed by atoms with van der Waals surface area (Å²) in [6.07, 6.45) is 0.700. The monoisotopic (exact) mass is 322 g/mol. The molecular weight excluding hydrogens is 304 g/mol. The predicted molar refractivity (Wildman–Crippen MR) is 84.4 cm³/mol. The highest BCUT2D eigenvalue weighted by Crippen LogP contribution is 2.40. The summed E-state index contributed by atoms with van der Waals surface area (Å²) in [5.74, 6) is 1.17. The second kappa shape index (κ2) is 5.47. The number of amides is 1. The summed E-state index contributed by atoms with van der Waals surface area (Å²) in [6, 6.07) is 5.60. The molecule has 2 aliphatic rings. The van der Waals surface area contributed by atoms with Crippen molar-refractivity contribution in [2.24, 2.45) is 10.5 Å². The first-order chi connectivity index (χ1) is 10.4. The average Bonchev–Trinajstić information content (AvgIpc) is 3.11. The first kappa shape index (κ1) is 15.2. The highest BCUT2D eigenvalue weighted by molar-refractivity contribution is 6.27. The number of hydrazone groups is 1. The minimum absolute atomic E-state index is 0.0814. The van der Waals surface area contributed by atoms with Crippen LogP contribution in [0.2, 0.25) is 0 Å². The third kappa shape index (κ3) is 2.65. The van der Waals surface area contributed by atoms with Gasteiger partial charge in [0.2, 0.25) is 6.79 Å². The molecule has 0 spiro atoms. The molecule has 1 atom stereocenters. The van der Waals surface area contributed by atoms with E-state index in [1.54, 1.807) is 0 Å². The number of hydrogen-bond acceptors (Lipinski definition) is 4. The third-order valence-corrected chi connectivity index (χ3v) is 4.16. The van der Waals surface area contributed by atoms with E-state index in [1.807, 2.05) is 18.2 Å². The van der Waals surface area contributed by atoms with Gasteiger partial charge in [0.1, 0.15) is 5.88 Å². The number of halogens is 1. The summed E-state index contributed by atoms with van der Waals surface area (Å²) in [5.41, 5.74) is 1.88. The van der Waals surface area contributed by atoms with Crippen molar-refractivity contribution in [3.63, 3.8) is 0 Å². The molecule has 118 valence electrons. The Kier molecular flexibility index (Phi) is 3.77. The van der Waals surface area contributed by atoms with Gasteiger partial charge in [0.05, 0.1) is 6.04 Å². The number of ether oxygens (including phenoxy) is 2.